The van der Waals surface area contributed by atoms with E-state index >= 15 is 0 Å². The summed E-state index contributed by atoms with van der Waals surface area (Å²) in [5, 5.41) is 0. The third-order valence-corrected chi connectivity index (χ3v) is 5.38. The van der Waals surface area contributed by atoms with Crippen molar-refractivity contribution in [2.24, 2.45) is 0 Å². The molecule has 0 saturated carbocycles. The monoisotopic (exact) mass is 430 g/mol. The predicted molar refractivity (Wildman–Crippen MR) is 82.6 cm³/mol. The largest absolute Gasteiger partial charge is 1.00 e. The number of hydrogen-bond acceptors (Lipinski definition) is 2. The first-order valence-electron chi connectivity index (χ1n) is 7.13. The molecule has 0 atom stereocenters. The summed E-state index contributed by atoms with van der Waals surface area (Å²) >= 11 is -1.38. The van der Waals surface area contributed by atoms with Crippen molar-refractivity contribution in [1.82, 2.24) is 0 Å². The van der Waals surface area contributed by atoms with Gasteiger partial charge in [-0.2, -0.15) is 0 Å². The van der Waals surface area contributed by atoms with Crippen LogP contribution in [0, 0.1) is 41.5 Å². The maximum Gasteiger partial charge on any atom is -1.00 e. The van der Waals surface area contributed by atoms with Gasteiger partial charge in [-0.1, -0.05) is 0 Å². The minimum absolute atomic E-state index is 0. The number of halogens is 2. The minimum atomic E-state index is -1.38. The van der Waals surface area contributed by atoms with Crippen LogP contribution in [-0.4, -0.2) is 0 Å². The van der Waals surface area contributed by atoms with Crippen LogP contribution in [-0.2, 0) is 24.1 Å². The second-order valence-corrected chi connectivity index (χ2v) is 7.10. The van der Waals surface area contributed by atoms with Gasteiger partial charge in [0.1, 0.15) is 0 Å². The molecule has 0 aliphatic carbocycles. The van der Waals surface area contributed by atoms with E-state index in [1.165, 1.54) is 33.4 Å². The van der Waals surface area contributed by atoms with Crippen LogP contribution in [0.5, 0.6) is 11.5 Å². The van der Waals surface area contributed by atoms with Gasteiger partial charge < -0.3 is 24.8 Å². The van der Waals surface area contributed by atoms with E-state index in [1.54, 1.807) is 0 Å². The Kier molecular flexibility index (Phi) is 9.51. The molecule has 23 heavy (non-hydrogen) atoms. The van der Waals surface area contributed by atoms with Gasteiger partial charge in [0.05, 0.1) is 0 Å². The van der Waals surface area contributed by atoms with Crippen LogP contribution in [0.1, 0.15) is 33.4 Å². The Labute approximate surface area is 164 Å². The Morgan fingerprint density at radius 2 is 0.826 bits per heavy atom. The van der Waals surface area contributed by atoms with Crippen LogP contribution in [0.15, 0.2) is 24.3 Å². The third kappa shape index (κ3) is 5.82. The molecule has 0 aromatic heterocycles. The minimum Gasteiger partial charge on any atom is -1.00 e. The molecule has 2 aromatic rings. The van der Waals surface area contributed by atoms with Crippen molar-refractivity contribution in [3.63, 3.8) is 0 Å². The summed E-state index contributed by atoms with van der Waals surface area (Å²) in [6, 6.07) is 8.57. The van der Waals surface area contributed by atoms with Crippen LogP contribution in [0.3, 0.4) is 0 Å². The molecule has 0 aliphatic heterocycles. The first-order valence-corrected chi connectivity index (χ1v) is 9.13. The van der Waals surface area contributed by atoms with Gasteiger partial charge >= 0.3 is 140 Å². The van der Waals surface area contributed by atoms with Crippen molar-refractivity contribution < 1.29 is 54.6 Å². The first kappa shape index (κ1) is 22.5. The molecule has 0 aliphatic rings. The van der Waals surface area contributed by atoms with Gasteiger partial charge in [0.15, 0.2) is 0 Å². The van der Waals surface area contributed by atoms with E-state index < -0.39 is 24.1 Å². The summed E-state index contributed by atoms with van der Waals surface area (Å²) < 4.78 is 11.9. The zero-order valence-corrected chi connectivity index (χ0v) is 18.4. The summed E-state index contributed by atoms with van der Waals surface area (Å²) in [6.45, 7) is 12.6. The second kappa shape index (κ2) is 9.72. The molecule has 2 rings (SSSR count). The van der Waals surface area contributed by atoms with Gasteiger partial charge in [0.2, 0.25) is 0 Å². The van der Waals surface area contributed by atoms with E-state index in [0.717, 1.165) is 11.5 Å². The molecule has 0 saturated heterocycles. The SMILES string of the molecule is Cc1cc(C)c([O][Zr+2][O]c2cc(C)c(C)cc2C)cc1C.[Cl-].[Cl-]. The fraction of sp³-hybridized carbons (Fsp3) is 0.333. The average molecular weight is 433 g/mol. The van der Waals surface area contributed by atoms with E-state index in [0.29, 0.717) is 0 Å². The topological polar surface area (TPSA) is 18.5 Å². The van der Waals surface area contributed by atoms with Crippen LogP contribution >= 0.6 is 0 Å². The van der Waals surface area contributed by atoms with E-state index in [1.807, 2.05) is 0 Å². The molecule has 2 aromatic carbocycles. The zero-order valence-electron chi connectivity index (χ0n) is 14.4. The Hall–Kier alpha value is -0.497. The Morgan fingerprint density at radius 3 is 1.17 bits per heavy atom. The molecule has 0 radical (unpaired) electrons. The molecular weight excluding hydrogens is 410 g/mol. The fourth-order valence-electron chi connectivity index (χ4n) is 2.20. The average Bonchev–Trinajstić information content (AvgIpc) is 2.41. The van der Waals surface area contributed by atoms with E-state index in [-0.39, 0.29) is 24.8 Å². The Balaban J connectivity index is 0.00000242. The first-order chi connectivity index (χ1) is 9.88. The van der Waals surface area contributed by atoms with Crippen LogP contribution in [0.4, 0.5) is 0 Å². The summed E-state index contributed by atoms with van der Waals surface area (Å²) in [4.78, 5) is 0. The quantitative estimate of drug-likeness (QED) is 0.612. The Morgan fingerprint density at radius 1 is 0.522 bits per heavy atom. The van der Waals surface area contributed by atoms with Crippen molar-refractivity contribution in [3.8, 4) is 11.5 Å². The number of benzene rings is 2. The van der Waals surface area contributed by atoms with Gasteiger partial charge in [-0.15, -0.1) is 0 Å². The van der Waals surface area contributed by atoms with E-state index in [4.69, 9.17) is 5.63 Å². The maximum absolute atomic E-state index is 5.95. The van der Waals surface area contributed by atoms with Gasteiger partial charge in [0.25, 0.3) is 0 Å². The molecule has 0 amide bonds. The van der Waals surface area contributed by atoms with Crippen molar-refractivity contribution in [2.75, 3.05) is 0 Å². The van der Waals surface area contributed by atoms with Crippen molar-refractivity contribution in [1.29, 1.82) is 0 Å². The summed E-state index contributed by atoms with van der Waals surface area (Å²) in [7, 11) is 0. The van der Waals surface area contributed by atoms with Gasteiger partial charge in [-0.05, 0) is 0 Å². The standard InChI is InChI=1S/2C9H12O.2ClH.Zr/c2*1-6-4-8(3)9(10)5-7(6)2;;;/h2*4-5,10H,1-3H3;2*1H;/q;;;;+4/p-4. The summed E-state index contributed by atoms with van der Waals surface area (Å²) in [6.07, 6.45) is 0. The number of hydrogen-bond donors (Lipinski definition) is 0. The van der Waals surface area contributed by atoms with Crippen LogP contribution < -0.4 is 30.4 Å². The third-order valence-electron chi connectivity index (χ3n) is 3.89. The van der Waals surface area contributed by atoms with Crippen molar-refractivity contribution in [2.45, 2.75) is 41.5 Å². The van der Waals surface area contributed by atoms with Crippen LogP contribution in [0.2, 0.25) is 0 Å². The molecule has 0 unspecified atom stereocenters. The zero-order chi connectivity index (χ0) is 15.6. The second-order valence-electron chi connectivity index (χ2n) is 5.69. The normalized spacial score (nSPS) is 9.30. The van der Waals surface area contributed by atoms with Gasteiger partial charge in [-0.3, -0.25) is 0 Å². The van der Waals surface area contributed by atoms with Gasteiger partial charge in [-0.25, -0.2) is 0 Å². The predicted octanol–water partition coefficient (Wildman–Crippen LogP) is -1.08. The number of rotatable bonds is 4. The van der Waals surface area contributed by atoms with E-state index in [9.17, 15) is 0 Å². The smallest absolute Gasteiger partial charge is 1.00 e. The Bertz CT molecular complexity index is 615. The molecule has 0 heterocycles. The molecule has 2 nitrogen and oxygen atoms in total. The van der Waals surface area contributed by atoms with Crippen LogP contribution in [0.25, 0.3) is 0 Å². The van der Waals surface area contributed by atoms with Crippen molar-refractivity contribution >= 4 is 0 Å². The molecule has 5 heteroatoms. The van der Waals surface area contributed by atoms with E-state index in [2.05, 4.69) is 65.8 Å². The molecule has 0 fully saturated rings. The number of aryl methyl sites for hydroxylation is 6. The molecule has 0 bridgehead atoms. The molecule has 0 N–H and O–H groups in total. The van der Waals surface area contributed by atoms with Crippen molar-refractivity contribution in [3.05, 3.63) is 57.6 Å². The maximum atomic E-state index is 5.95. The summed E-state index contributed by atoms with van der Waals surface area (Å²) in [5.74, 6) is 1.93. The van der Waals surface area contributed by atoms with Gasteiger partial charge in [0, 0.05) is 0 Å². The molecular formula is C18H22Cl2O2Zr. The molecule has 0 spiro atoms. The fourth-order valence-corrected chi connectivity index (χ4v) is 3.82. The molecule has 124 valence electrons. The summed E-state index contributed by atoms with van der Waals surface area (Å²) in [5.41, 5.74) is 7.49.